The average molecular weight is 212 g/mol. The standard InChI is InChI=1S/C12H24N2O/c1-3-13-12-9-15-8-11(12)7-14-6-4-5-10(14)2/h10-13H,3-9H2,1-2H3. The SMILES string of the molecule is CCNC1COCC1CN1CCCC1C. The Bertz CT molecular complexity index is 198. The Morgan fingerprint density at radius 2 is 2.27 bits per heavy atom. The summed E-state index contributed by atoms with van der Waals surface area (Å²) in [5, 5.41) is 3.53. The van der Waals surface area contributed by atoms with Crippen molar-refractivity contribution in [3.63, 3.8) is 0 Å². The van der Waals surface area contributed by atoms with Crippen molar-refractivity contribution < 1.29 is 4.74 Å². The molecule has 1 N–H and O–H groups in total. The van der Waals surface area contributed by atoms with Crippen molar-refractivity contribution in [3.8, 4) is 0 Å². The van der Waals surface area contributed by atoms with E-state index in [0.717, 1.165) is 25.8 Å². The fraction of sp³-hybridized carbons (Fsp3) is 1.00. The van der Waals surface area contributed by atoms with Crippen LogP contribution in [0.3, 0.4) is 0 Å². The molecule has 2 aliphatic heterocycles. The van der Waals surface area contributed by atoms with E-state index in [9.17, 15) is 0 Å². The van der Waals surface area contributed by atoms with Crippen LogP contribution < -0.4 is 5.32 Å². The molecule has 0 bridgehead atoms. The number of rotatable bonds is 4. The number of nitrogens with zero attached hydrogens (tertiary/aromatic N) is 1. The first-order chi connectivity index (χ1) is 7.31. The van der Waals surface area contributed by atoms with Crippen molar-refractivity contribution >= 4 is 0 Å². The zero-order valence-corrected chi connectivity index (χ0v) is 10.0. The van der Waals surface area contributed by atoms with Crippen LogP contribution >= 0.6 is 0 Å². The van der Waals surface area contributed by atoms with Gasteiger partial charge in [0, 0.05) is 24.5 Å². The number of hydrogen-bond donors (Lipinski definition) is 1. The van der Waals surface area contributed by atoms with Gasteiger partial charge in [-0.25, -0.2) is 0 Å². The Morgan fingerprint density at radius 3 is 2.93 bits per heavy atom. The summed E-state index contributed by atoms with van der Waals surface area (Å²) in [6.45, 7) is 9.94. The van der Waals surface area contributed by atoms with Crippen molar-refractivity contribution in [1.82, 2.24) is 10.2 Å². The Morgan fingerprint density at radius 1 is 1.40 bits per heavy atom. The Kier molecular flexibility index (Phi) is 4.00. The molecule has 15 heavy (non-hydrogen) atoms. The van der Waals surface area contributed by atoms with Gasteiger partial charge < -0.3 is 15.0 Å². The van der Waals surface area contributed by atoms with Crippen molar-refractivity contribution in [3.05, 3.63) is 0 Å². The molecule has 2 aliphatic rings. The Hall–Kier alpha value is -0.120. The van der Waals surface area contributed by atoms with E-state index in [4.69, 9.17) is 4.74 Å². The molecule has 0 aromatic rings. The van der Waals surface area contributed by atoms with Crippen molar-refractivity contribution in [1.29, 1.82) is 0 Å². The molecule has 0 aliphatic carbocycles. The summed E-state index contributed by atoms with van der Waals surface area (Å²) < 4.78 is 5.58. The smallest absolute Gasteiger partial charge is 0.0623 e. The maximum absolute atomic E-state index is 5.58. The fourth-order valence-electron chi connectivity index (χ4n) is 2.83. The summed E-state index contributed by atoms with van der Waals surface area (Å²) in [4.78, 5) is 2.63. The van der Waals surface area contributed by atoms with Crippen LogP contribution in [-0.4, -0.2) is 49.8 Å². The molecule has 0 spiro atoms. The molecule has 2 fully saturated rings. The molecule has 2 saturated heterocycles. The van der Waals surface area contributed by atoms with Crippen LogP contribution in [0.15, 0.2) is 0 Å². The quantitative estimate of drug-likeness (QED) is 0.755. The molecule has 0 amide bonds. The molecule has 0 aromatic carbocycles. The van der Waals surface area contributed by atoms with Gasteiger partial charge in [-0.05, 0) is 32.9 Å². The van der Waals surface area contributed by atoms with E-state index in [2.05, 4.69) is 24.1 Å². The monoisotopic (exact) mass is 212 g/mol. The number of likely N-dealkylation sites (N-methyl/N-ethyl adjacent to an activating group) is 1. The topological polar surface area (TPSA) is 24.5 Å². The second kappa shape index (κ2) is 5.28. The summed E-state index contributed by atoms with van der Waals surface area (Å²) in [6.07, 6.45) is 2.75. The lowest BCUT2D eigenvalue weighted by Gasteiger charge is -2.27. The minimum absolute atomic E-state index is 0.586. The van der Waals surface area contributed by atoms with Gasteiger partial charge in [0.15, 0.2) is 0 Å². The zero-order valence-electron chi connectivity index (χ0n) is 10.0. The molecule has 3 unspecified atom stereocenters. The van der Waals surface area contributed by atoms with E-state index in [-0.39, 0.29) is 0 Å². The van der Waals surface area contributed by atoms with Crippen LogP contribution in [0.5, 0.6) is 0 Å². The molecule has 88 valence electrons. The largest absolute Gasteiger partial charge is 0.379 e. The Balaban J connectivity index is 1.82. The molecule has 3 heteroatoms. The molecule has 2 rings (SSSR count). The highest BCUT2D eigenvalue weighted by molar-refractivity contribution is 4.86. The van der Waals surface area contributed by atoms with Gasteiger partial charge in [-0.3, -0.25) is 0 Å². The van der Waals surface area contributed by atoms with Gasteiger partial charge in [-0.1, -0.05) is 6.92 Å². The van der Waals surface area contributed by atoms with Gasteiger partial charge >= 0.3 is 0 Å². The third-order valence-corrected chi connectivity index (χ3v) is 3.82. The lowest BCUT2D eigenvalue weighted by Crippen LogP contribution is -2.42. The second-order valence-corrected chi connectivity index (χ2v) is 4.95. The van der Waals surface area contributed by atoms with Crippen LogP contribution in [0.1, 0.15) is 26.7 Å². The molecular formula is C12H24N2O. The molecule has 0 saturated carbocycles. The maximum Gasteiger partial charge on any atom is 0.0623 e. The number of hydrogen-bond acceptors (Lipinski definition) is 3. The average Bonchev–Trinajstić information content (AvgIpc) is 2.80. The summed E-state index contributed by atoms with van der Waals surface area (Å²) in [5.74, 6) is 0.700. The second-order valence-electron chi connectivity index (χ2n) is 4.95. The highest BCUT2D eigenvalue weighted by Crippen LogP contribution is 2.21. The van der Waals surface area contributed by atoms with Crippen LogP contribution in [-0.2, 0) is 4.74 Å². The first kappa shape index (κ1) is 11.4. The molecule has 3 atom stereocenters. The van der Waals surface area contributed by atoms with Gasteiger partial charge in [0.05, 0.1) is 13.2 Å². The van der Waals surface area contributed by atoms with Crippen LogP contribution in [0.25, 0.3) is 0 Å². The number of nitrogens with one attached hydrogen (secondary N) is 1. The summed E-state index contributed by atoms with van der Waals surface area (Å²) in [5.41, 5.74) is 0. The predicted octanol–water partition coefficient (Wildman–Crippen LogP) is 1.10. The highest BCUT2D eigenvalue weighted by atomic mass is 16.5. The number of likely N-dealkylation sites (tertiary alicyclic amines) is 1. The van der Waals surface area contributed by atoms with Crippen LogP contribution in [0.4, 0.5) is 0 Å². The molecule has 2 heterocycles. The first-order valence-electron chi connectivity index (χ1n) is 6.36. The fourth-order valence-corrected chi connectivity index (χ4v) is 2.83. The van der Waals surface area contributed by atoms with Crippen molar-refractivity contribution in [2.24, 2.45) is 5.92 Å². The predicted molar refractivity (Wildman–Crippen MR) is 62.0 cm³/mol. The van der Waals surface area contributed by atoms with Gasteiger partial charge in [-0.2, -0.15) is 0 Å². The van der Waals surface area contributed by atoms with Crippen molar-refractivity contribution in [2.45, 2.75) is 38.8 Å². The summed E-state index contributed by atoms with van der Waals surface area (Å²) in [6, 6.07) is 1.37. The van der Waals surface area contributed by atoms with Gasteiger partial charge in [0.1, 0.15) is 0 Å². The lowest BCUT2D eigenvalue weighted by molar-refractivity contribution is 0.165. The number of ether oxygens (including phenoxy) is 1. The summed E-state index contributed by atoms with van der Waals surface area (Å²) in [7, 11) is 0. The van der Waals surface area contributed by atoms with Gasteiger partial charge in [0.25, 0.3) is 0 Å². The van der Waals surface area contributed by atoms with Gasteiger partial charge in [0.2, 0.25) is 0 Å². The maximum atomic E-state index is 5.58. The third-order valence-electron chi connectivity index (χ3n) is 3.82. The zero-order chi connectivity index (χ0) is 10.7. The third kappa shape index (κ3) is 2.71. The molecule has 0 radical (unpaired) electrons. The van der Waals surface area contributed by atoms with Crippen LogP contribution in [0.2, 0.25) is 0 Å². The van der Waals surface area contributed by atoms with E-state index in [0.29, 0.717) is 12.0 Å². The molecule has 0 aromatic heterocycles. The van der Waals surface area contributed by atoms with E-state index < -0.39 is 0 Å². The molecule has 3 nitrogen and oxygen atoms in total. The van der Waals surface area contributed by atoms with E-state index >= 15 is 0 Å². The lowest BCUT2D eigenvalue weighted by atomic mass is 10.0. The van der Waals surface area contributed by atoms with E-state index in [1.807, 2.05) is 0 Å². The Labute approximate surface area is 93.2 Å². The van der Waals surface area contributed by atoms with Crippen molar-refractivity contribution in [2.75, 3.05) is 32.8 Å². The van der Waals surface area contributed by atoms with Gasteiger partial charge in [-0.15, -0.1) is 0 Å². The normalized spacial score (nSPS) is 37.6. The van der Waals surface area contributed by atoms with Crippen LogP contribution in [0, 0.1) is 5.92 Å². The summed E-state index contributed by atoms with van der Waals surface area (Å²) >= 11 is 0. The molecular weight excluding hydrogens is 188 g/mol. The minimum Gasteiger partial charge on any atom is -0.379 e. The van der Waals surface area contributed by atoms with E-state index in [1.165, 1.54) is 25.9 Å². The van der Waals surface area contributed by atoms with E-state index in [1.54, 1.807) is 0 Å². The highest BCUT2D eigenvalue weighted by Gasteiger charge is 2.31. The first-order valence-corrected chi connectivity index (χ1v) is 6.36. The minimum atomic E-state index is 0.586.